The van der Waals surface area contributed by atoms with Crippen LogP contribution in [0.2, 0.25) is 0 Å². The van der Waals surface area contributed by atoms with E-state index in [2.05, 4.69) is 62.4 Å². The number of hydrogen-bond donors (Lipinski definition) is 0. The van der Waals surface area contributed by atoms with E-state index in [9.17, 15) is 0 Å². The Morgan fingerprint density at radius 1 is 0.833 bits per heavy atom. The molecule has 0 N–H and O–H groups in total. The van der Waals surface area contributed by atoms with Crippen molar-refractivity contribution in [2.75, 3.05) is 0 Å². The Balaban J connectivity index is 0.00000120. The molecule has 0 atom stereocenters. The van der Waals surface area contributed by atoms with Crippen LogP contribution in [-0.2, 0) is 27.5 Å². The van der Waals surface area contributed by atoms with E-state index in [4.69, 9.17) is 0 Å². The molecule has 0 amide bonds. The van der Waals surface area contributed by atoms with Crippen LogP contribution in [0.1, 0.15) is 36.1 Å². The first-order chi connectivity index (χ1) is 8.27. The van der Waals surface area contributed by atoms with E-state index >= 15 is 0 Å². The third kappa shape index (κ3) is 2.15. The van der Waals surface area contributed by atoms with Crippen LogP contribution in [0.25, 0.3) is 0 Å². The summed E-state index contributed by atoms with van der Waals surface area (Å²) in [5.74, 6) is 2.07. The number of rotatable bonds is 1. The Morgan fingerprint density at radius 2 is 1.28 bits per heavy atom. The smallest absolute Gasteiger partial charge is 0 e. The number of fused-ring (bicyclic) bond motifs is 2. The molecule has 0 saturated heterocycles. The van der Waals surface area contributed by atoms with Crippen LogP contribution >= 0.6 is 0 Å². The van der Waals surface area contributed by atoms with Crippen molar-refractivity contribution in [2.24, 2.45) is 5.92 Å². The van der Waals surface area contributed by atoms with E-state index in [-0.39, 0.29) is 21.1 Å². The summed E-state index contributed by atoms with van der Waals surface area (Å²) in [5.41, 5.74) is 5.83. The quantitative estimate of drug-likeness (QED) is 0.624. The van der Waals surface area contributed by atoms with Crippen LogP contribution in [0.3, 0.4) is 0 Å². The minimum absolute atomic E-state index is 0. The third-order valence-electron chi connectivity index (χ3n) is 3.57. The Morgan fingerprint density at radius 3 is 1.72 bits per heavy atom. The molecule has 0 unspecified atom stereocenters. The van der Waals surface area contributed by atoms with Crippen molar-refractivity contribution in [3.8, 4) is 0 Å². The molecular weight excluding hydrogens is 388 g/mol. The van der Waals surface area contributed by atoms with Crippen LogP contribution in [0.5, 0.6) is 0 Å². The van der Waals surface area contributed by atoms with E-state index < -0.39 is 0 Å². The van der Waals surface area contributed by atoms with Gasteiger partial charge in [-0.2, -0.15) is 0 Å². The van der Waals surface area contributed by atoms with Crippen molar-refractivity contribution < 1.29 is 21.1 Å². The van der Waals surface area contributed by atoms with E-state index in [1.807, 2.05) is 0 Å². The summed E-state index contributed by atoms with van der Waals surface area (Å²) in [7, 11) is 0. The molecule has 3 rings (SSSR count). The predicted molar refractivity (Wildman–Crippen MR) is 72.0 cm³/mol. The first-order valence-electron chi connectivity index (χ1n) is 6.31. The van der Waals surface area contributed by atoms with Crippen LogP contribution < -0.4 is 0 Å². The molecule has 2 aromatic rings. The van der Waals surface area contributed by atoms with E-state index in [1.165, 1.54) is 28.2 Å². The maximum atomic E-state index is 2.29. The molecule has 1 aliphatic carbocycles. The maximum Gasteiger partial charge on any atom is 0 e. The van der Waals surface area contributed by atoms with E-state index in [0.717, 1.165) is 6.42 Å². The molecule has 18 heavy (non-hydrogen) atoms. The molecule has 0 heterocycles. The molecule has 0 fully saturated rings. The fourth-order valence-electron chi connectivity index (χ4n) is 2.85. The number of benzene rings is 2. The van der Waals surface area contributed by atoms with E-state index in [1.54, 1.807) is 0 Å². The topological polar surface area (TPSA) is 0 Å². The average Bonchev–Trinajstić information content (AvgIpc) is 2.35. The normalized spacial score (nSPS) is 12.7. The molecule has 0 radical (unpaired) electrons. The molecule has 0 bridgehead atoms. The predicted octanol–water partition coefficient (Wildman–Crippen LogP) is 4.22. The second-order valence-corrected chi connectivity index (χ2v) is 5.06. The second kappa shape index (κ2) is 5.32. The molecule has 92 valence electrons. The molecule has 0 aromatic heterocycles. The Hall–Kier alpha value is -1.00. The van der Waals surface area contributed by atoms with Crippen molar-refractivity contribution in [3.05, 3.63) is 76.7 Å². The summed E-state index contributed by atoms with van der Waals surface area (Å²) in [6.07, 6.45) is 1.07. The zero-order valence-corrected chi connectivity index (χ0v) is 13.7. The van der Waals surface area contributed by atoms with Crippen molar-refractivity contribution >= 4 is 0 Å². The van der Waals surface area contributed by atoms with Crippen LogP contribution in [0.4, 0.5) is 0 Å². The van der Waals surface area contributed by atoms with Crippen molar-refractivity contribution in [1.82, 2.24) is 0 Å². The molecular formula is C17H17W-. The van der Waals surface area contributed by atoms with Gasteiger partial charge in [0.1, 0.15) is 0 Å². The van der Waals surface area contributed by atoms with Gasteiger partial charge in [0, 0.05) is 21.1 Å². The molecule has 0 spiro atoms. The van der Waals surface area contributed by atoms with Crippen molar-refractivity contribution in [3.63, 3.8) is 0 Å². The molecule has 1 aliphatic rings. The van der Waals surface area contributed by atoms with Gasteiger partial charge in [0.25, 0.3) is 0 Å². The van der Waals surface area contributed by atoms with Crippen LogP contribution in [-0.4, -0.2) is 0 Å². The van der Waals surface area contributed by atoms with Gasteiger partial charge in [-0.3, -0.25) is 0 Å². The zero-order valence-electron chi connectivity index (χ0n) is 10.8. The number of hydrogen-bond acceptors (Lipinski definition) is 0. The third-order valence-corrected chi connectivity index (χ3v) is 3.57. The summed E-state index contributed by atoms with van der Waals surface area (Å²) in [5, 5.41) is 0. The Labute approximate surface area is 124 Å². The summed E-state index contributed by atoms with van der Waals surface area (Å²) in [6, 6.07) is 17.6. The molecule has 0 saturated carbocycles. The van der Waals surface area contributed by atoms with Crippen molar-refractivity contribution in [1.29, 1.82) is 0 Å². The van der Waals surface area contributed by atoms with Gasteiger partial charge in [-0.15, -0.1) is 40.3 Å². The van der Waals surface area contributed by atoms with Gasteiger partial charge in [0.05, 0.1) is 0 Å². The van der Waals surface area contributed by atoms with Gasteiger partial charge < -0.3 is 0 Å². The summed E-state index contributed by atoms with van der Waals surface area (Å²) in [4.78, 5) is 0. The summed E-state index contributed by atoms with van der Waals surface area (Å²) < 4.78 is 0. The summed E-state index contributed by atoms with van der Waals surface area (Å²) >= 11 is 0. The van der Waals surface area contributed by atoms with Crippen LogP contribution in [0.15, 0.2) is 48.5 Å². The first-order valence-corrected chi connectivity index (χ1v) is 6.31. The van der Waals surface area contributed by atoms with Gasteiger partial charge >= 0.3 is 0 Å². The second-order valence-electron chi connectivity index (χ2n) is 5.06. The van der Waals surface area contributed by atoms with Gasteiger partial charge in [-0.05, 0) is 5.92 Å². The Kier molecular flexibility index (Phi) is 3.97. The monoisotopic (exact) mass is 405 g/mol. The Bertz CT molecular complexity index is 497. The largest absolute Gasteiger partial charge is 0.118 e. The first kappa shape index (κ1) is 13.4. The minimum atomic E-state index is 0. The van der Waals surface area contributed by atoms with E-state index in [0.29, 0.717) is 5.92 Å². The van der Waals surface area contributed by atoms with Gasteiger partial charge in [0.15, 0.2) is 0 Å². The summed E-state index contributed by atoms with van der Waals surface area (Å²) in [6.45, 7) is 4.57. The molecule has 0 nitrogen and oxygen atoms in total. The minimum Gasteiger partial charge on any atom is -0.118 e. The van der Waals surface area contributed by atoms with Gasteiger partial charge in [-0.1, -0.05) is 56.7 Å². The molecule has 2 aromatic carbocycles. The molecule has 0 aliphatic heterocycles. The van der Waals surface area contributed by atoms with Crippen molar-refractivity contribution in [2.45, 2.75) is 20.3 Å². The maximum absolute atomic E-state index is 2.29. The SMILES string of the molecule is CC(C)[C-]1c2ccccc2Cc2ccccc21.[W]. The molecule has 1 heteroatoms. The average molecular weight is 405 g/mol. The van der Waals surface area contributed by atoms with Gasteiger partial charge in [-0.25, -0.2) is 0 Å². The van der Waals surface area contributed by atoms with Crippen LogP contribution in [0, 0.1) is 11.8 Å². The fourth-order valence-corrected chi connectivity index (χ4v) is 2.85. The fraction of sp³-hybridized carbons (Fsp3) is 0.235. The standard InChI is InChI=1S/C17H17.W/c1-12(2)17-15-9-5-3-7-13(15)11-14-8-4-6-10-16(14)17;/h3-10,12H,11H2,1-2H3;/q-1;. The van der Waals surface area contributed by atoms with Gasteiger partial charge in [0.2, 0.25) is 0 Å². The zero-order chi connectivity index (χ0) is 11.8.